The lowest BCUT2D eigenvalue weighted by atomic mass is 9.74. The van der Waals surface area contributed by atoms with Crippen molar-refractivity contribution in [2.45, 2.75) is 63.6 Å². The second kappa shape index (κ2) is 5.17. The van der Waals surface area contributed by atoms with Crippen LogP contribution in [0.3, 0.4) is 0 Å². The van der Waals surface area contributed by atoms with E-state index in [1.54, 1.807) is 0 Å². The molecule has 1 atom stereocenters. The summed E-state index contributed by atoms with van der Waals surface area (Å²) in [5, 5.41) is 10.0. The minimum atomic E-state index is -4.04. The fraction of sp³-hybridized carbons (Fsp3) is 1.00. The lowest BCUT2D eigenvalue weighted by Crippen LogP contribution is -2.33. The standard InChI is InChI=1S/C13H21F3O/c14-13(15,16)11-6-4-10(5-7-11)12(17)8-9-2-1-3-9/h9-12,17H,1-8H2. The summed E-state index contributed by atoms with van der Waals surface area (Å²) in [5.41, 5.74) is 0. The summed E-state index contributed by atoms with van der Waals surface area (Å²) < 4.78 is 37.4. The van der Waals surface area contributed by atoms with Crippen molar-refractivity contribution in [3.8, 4) is 0 Å². The molecule has 0 heterocycles. The zero-order valence-electron chi connectivity index (χ0n) is 10.0. The third kappa shape index (κ3) is 3.36. The van der Waals surface area contributed by atoms with Crippen LogP contribution in [0.1, 0.15) is 51.4 Å². The summed E-state index contributed by atoms with van der Waals surface area (Å²) >= 11 is 0. The number of halogens is 3. The van der Waals surface area contributed by atoms with Crippen molar-refractivity contribution in [2.75, 3.05) is 0 Å². The summed E-state index contributed by atoms with van der Waals surface area (Å²) in [6.45, 7) is 0. The first kappa shape index (κ1) is 13.2. The molecular weight excluding hydrogens is 229 g/mol. The summed E-state index contributed by atoms with van der Waals surface area (Å²) in [5.74, 6) is -0.394. The van der Waals surface area contributed by atoms with E-state index in [4.69, 9.17) is 0 Å². The summed E-state index contributed by atoms with van der Waals surface area (Å²) in [6.07, 6.45) is 1.52. The molecular formula is C13H21F3O. The van der Waals surface area contributed by atoms with Gasteiger partial charge in [-0.1, -0.05) is 19.3 Å². The summed E-state index contributed by atoms with van der Waals surface area (Å²) in [7, 11) is 0. The van der Waals surface area contributed by atoms with E-state index in [2.05, 4.69) is 0 Å². The molecule has 1 unspecified atom stereocenters. The van der Waals surface area contributed by atoms with Crippen molar-refractivity contribution in [1.82, 2.24) is 0 Å². The minimum absolute atomic E-state index is 0.106. The van der Waals surface area contributed by atoms with Gasteiger partial charge in [0, 0.05) is 0 Å². The first-order chi connectivity index (χ1) is 7.97. The molecule has 0 saturated heterocycles. The molecule has 0 aromatic carbocycles. The van der Waals surface area contributed by atoms with Crippen LogP contribution in [0.2, 0.25) is 0 Å². The van der Waals surface area contributed by atoms with Crippen molar-refractivity contribution in [2.24, 2.45) is 17.8 Å². The van der Waals surface area contributed by atoms with Gasteiger partial charge in [-0.3, -0.25) is 0 Å². The predicted octanol–water partition coefficient (Wildman–Crippen LogP) is 3.91. The van der Waals surface area contributed by atoms with Crippen molar-refractivity contribution in [1.29, 1.82) is 0 Å². The molecule has 0 aromatic rings. The lowest BCUT2D eigenvalue weighted by molar-refractivity contribution is -0.186. The van der Waals surface area contributed by atoms with Gasteiger partial charge in [-0.05, 0) is 43.9 Å². The van der Waals surface area contributed by atoms with Gasteiger partial charge >= 0.3 is 6.18 Å². The van der Waals surface area contributed by atoms with E-state index < -0.39 is 12.1 Å². The van der Waals surface area contributed by atoms with Crippen molar-refractivity contribution in [3.05, 3.63) is 0 Å². The average molecular weight is 250 g/mol. The van der Waals surface area contributed by atoms with Gasteiger partial charge in [0.05, 0.1) is 12.0 Å². The number of aliphatic hydroxyl groups excluding tert-OH is 1. The number of aliphatic hydroxyl groups is 1. The normalized spacial score (nSPS) is 33.2. The number of hydrogen-bond donors (Lipinski definition) is 1. The van der Waals surface area contributed by atoms with Crippen LogP contribution in [0.4, 0.5) is 13.2 Å². The Morgan fingerprint density at radius 2 is 1.59 bits per heavy atom. The maximum Gasteiger partial charge on any atom is 0.391 e. The molecule has 1 nitrogen and oxygen atoms in total. The smallest absolute Gasteiger partial charge is 0.391 e. The highest BCUT2D eigenvalue weighted by molar-refractivity contribution is 4.83. The monoisotopic (exact) mass is 250 g/mol. The molecule has 0 spiro atoms. The highest BCUT2D eigenvalue weighted by Crippen LogP contribution is 2.42. The molecule has 0 aliphatic heterocycles. The Kier molecular flexibility index (Phi) is 4.01. The molecule has 100 valence electrons. The maximum atomic E-state index is 12.5. The molecule has 2 rings (SSSR count). The zero-order valence-corrected chi connectivity index (χ0v) is 10.0. The Morgan fingerprint density at radius 1 is 1.00 bits per heavy atom. The third-order valence-corrected chi connectivity index (χ3v) is 4.58. The number of alkyl halides is 3. The largest absolute Gasteiger partial charge is 0.393 e. The van der Waals surface area contributed by atoms with Gasteiger partial charge in [-0.2, -0.15) is 13.2 Å². The number of rotatable bonds is 3. The second-order valence-electron chi connectivity index (χ2n) is 5.75. The molecule has 2 fully saturated rings. The second-order valence-corrected chi connectivity index (χ2v) is 5.75. The van der Waals surface area contributed by atoms with Gasteiger partial charge < -0.3 is 5.11 Å². The Labute approximate surface area is 100 Å². The maximum absolute atomic E-state index is 12.5. The Morgan fingerprint density at radius 3 is 2.00 bits per heavy atom. The molecule has 0 aromatic heterocycles. The van der Waals surface area contributed by atoms with E-state index in [0.717, 1.165) is 6.42 Å². The van der Waals surface area contributed by atoms with Crippen LogP contribution < -0.4 is 0 Å². The van der Waals surface area contributed by atoms with Crippen LogP contribution in [-0.4, -0.2) is 17.4 Å². The summed E-state index contributed by atoms with van der Waals surface area (Å²) in [4.78, 5) is 0. The fourth-order valence-electron chi connectivity index (χ4n) is 3.09. The molecule has 1 N–H and O–H groups in total. The van der Waals surface area contributed by atoms with Crippen LogP contribution in [0.15, 0.2) is 0 Å². The van der Waals surface area contributed by atoms with E-state index in [-0.39, 0.29) is 24.9 Å². The van der Waals surface area contributed by atoms with Gasteiger partial charge in [0.1, 0.15) is 0 Å². The van der Waals surface area contributed by atoms with E-state index in [9.17, 15) is 18.3 Å². The van der Waals surface area contributed by atoms with Gasteiger partial charge in [-0.25, -0.2) is 0 Å². The highest BCUT2D eigenvalue weighted by Gasteiger charge is 2.42. The molecule has 0 amide bonds. The number of hydrogen-bond acceptors (Lipinski definition) is 1. The van der Waals surface area contributed by atoms with E-state index in [1.807, 2.05) is 0 Å². The van der Waals surface area contributed by atoms with Crippen molar-refractivity contribution >= 4 is 0 Å². The molecule has 4 heteroatoms. The van der Waals surface area contributed by atoms with Crippen LogP contribution in [0.5, 0.6) is 0 Å². The predicted molar refractivity (Wildman–Crippen MR) is 59.5 cm³/mol. The van der Waals surface area contributed by atoms with E-state index in [1.165, 1.54) is 19.3 Å². The van der Waals surface area contributed by atoms with Gasteiger partial charge in [0.25, 0.3) is 0 Å². The van der Waals surface area contributed by atoms with Gasteiger partial charge in [0.15, 0.2) is 0 Å². The minimum Gasteiger partial charge on any atom is -0.393 e. The molecule has 17 heavy (non-hydrogen) atoms. The van der Waals surface area contributed by atoms with Crippen molar-refractivity contribution < 1.29 is 18.3 Å². The zero-order chi connectivity index (χ0) is 12.5. The average Bonchev–Trinajstić information content (AvgIpc) is 2.22. The van der Waals surface area contributed by atoms with E-state index in [0.29, 0.717) is 18.8 Å². The Hall–Kier alpha value is -0.250. The van der Waals surface area contributed by atoms with Crippen LogP contribution in [-0.2, 0) is 0 Å². The Bertz CT molecular complexity index is 240. The summed E-state index contributed by atoms with van der Waals surface area (Å²) in [6, 6.07) is 0. The van der Waals surface area contributed by atoms with Crippen LogP contribution in [0, 0.1) is 17.8 Å². The van der Waals surface area contributed by atoms with Gasteiger partial charge in [-0.15, -0.1) is 0 Å². The molecule has 2 saturated carbocycles. The molecule has 2 aliphatic carbocycles. The topological polar surface area (TPSA) is 20.2 Å². The highest BCUT2D eigenvalue weighted by atomic mass is 19.4. The molecule has 2 aliphatic rings. The fourth-order valence-corrected chi connectivity index (χ4v) is 3.09. The van der Waals surface area contributed by atoms with Crippen LogP contribution >= 0.6 is 0 Å². The SMILES string of the molecule is OC(CC1CCC1)C1CCC(C(F)(F)F)CC1. The first-order valence-corrected chi connectivity index (χ1v) is 6.71. The molecule has 0 radical (unpaired) electrons. The lowest BCUT2D eigenvalue weighted by Gasteiger charge is -2.35. The van der Waals surface area contributed by atoms with Crippen LogP contribution in [0.25, 0.3) is 0 Å². The Balaban J connectivity index is 1.74. The quantitative estimate of drug-likeness (QED) is 0.805. The third-order valence-electron chi connectivity index (χ3n) is 4.58. The molecule has 0 bridgehead atoms. The van der Waals surface area contributed by atoms with E-state index >= 15 is 0 Å². The van der Waals surface area contributed by atoms with Gasteiger partial charge in [0.2, 0.25) is 0 Å². The first-order valence-electron chi connectivity index (χ1n) is 6.71. The van der Waals surface area contributed by atoms with Crippen molar-refractivity contribution in [3.63, 3.8) is 0 Å².